The smallest absolute Gasteiger partial charge is 0.274 e. The highest BCUT2D eigenvalue weighted by molar-refractivity contribution is 5.94. The van der Waals surface area contributed by atoms with Gasteiger partial charge in [0.25, 0.3) is 5.91 Å². The van der Waals surface area contributed by atoms with Gasteiger partial charge in [0.15, 0.2) is 5.69 Å². The lowest BCUT2D eigenvalue weighted by atomic mass is 9.89. The fourth-order valence-electron chi connectivity index (χ4n) is 4.70. The molecule has 5 rings (SSSR count). The van der Waals surface area contributed by atoms with Crippen LogP contribution in [-0.2, 0) is 19.5 Å². The van der Waals surface area contributed by atoms with E-state index in [2.05, 4.69) is 33.8 Å². The molecular formula is C22H28N4O. The summed E-state index contributed by atoms with van der Waals surface area (Å²) in [4.78, 5) is 17.8. The first-order chi connectivity index (χ1) is 13.3. The fourth-order valence-corrected chi connectivity index (χ4v) is 4.70. The maximum Gasteiger partial charge on any atom is 0.274 e. The first kappa shape index (κ1) is 17.0. The van der Waals surface area contributed by atoms with Gasteiger partial charge in [-0.05, 0) is 31.2 Å². The number of nitrogens with zero attached hydrogens (tertiary/aromatic N) is 4. The normalized spacial score (nSPS) is 20.5. The molecule has 142 valence electrons. The summed E-state index contributed by atoms with van der Waals surface area (Å²) in [7, 11) is 0. The Bertz CT molecular complexity index is 818. The Morgan fingerprint density at radius 1 is 1.04 bits per heavy atom. The molecule has 0 radical (unpaired) electrons. The number of hydrogen-bond acceptors (Lipinski definition) is 3. The van der Waals surface area contributed by atoms with Crippen molar-refractivity contribution in [1.29, 1.82) is 0 Å². The van der Waals surface area contributed by atoms with E-state index in [0.717, 1.165) is 52.0 Å². The summed E-state index contributed by atoms with van der Waals surface area (Å²) in [6, 6.07) is 11.2. The van der Waals surface area contributed by atoms with Crippen LogP contribution in [0.4, 0.5) is 0 Å². The topological polar surface area (TPSA) is 41.4 Å². The van der Waals surface area contributed by atoms with Crippen LogP contribution >= 0.6 is 0 Å². The summed E-state index contributed by atoms with van der Waals surface area (Å²) in [6.07, 6.45) is 7.20. The van der Waals surface area contributed by atoms with Gasteiger partial charge < -0.3 is 4.90 Å². The van der Waals surface area contributed by atoms with Crippen LogP contribution in [0.15, 0.2) is 30.3 Å². The first-order valence-corrected chi connectivity index (χ1v) is 10.5. The van der Waals surface area contributed by atoms with Crippen LogP contribution in [0.5, 0.6) is 0 Å². The van der Waals surface area contributed by atoms with Crippen molar-refractivity contribution >= 4 is 5.91 Å². The molecule has 1 aromatic heterocycles. The molecule has 5 nitrogen and oxygen atoms in total. The van der Waals surface area contributed by atoms with Crippen molar-refractivity contribution in [3.8, 4) is 0 Å². The molecule has 0 atom stereocenters. The third kappa shape index (κ3) is 3.18. The second-order valence-electron chi connectivity index (χ2n) is 8.22. The van der Waals surface area contributed by atoms with Crippen LogP contribution in [-0.4, -0.2) is 51.2 Å². The first-order valence-electron chi connectivity index (χ1n) is 10.5. The number of carbonyl (C=O) groups excluding carboxylic acids is 1. The van der Waals surface area contributed by atoms with Crippen LogP contribution < -0.4 is 0 Å². The van der Waals surface area contributed by atoms with E-state index in [4.69, 9.17) is 5.10 Å². The molecule has 1 aromatic carbocycles. The summed E-state index contributed by atoms with van der Waals surface area (Å²) in [6.45, 7) is 4.50. The van der Waals surface area contributed by atoms with Gasteiger partial charge in [-0.3, -0.25) is 14.4 Å². The number of hydrogen-bond donors (Lipinski definition) is 0. The van der Waals surface area contributed by atoms with Crippen molar-refractivity contribution in [2.75, 3.05) is 19.6 Å². The zero-order valence-corrected chi connectivity index (χ0v) is 15.9. The van der Waals surface area contributed by atoms with E-state index in [-0.39, 0.29) is 5.91 Å². The van der Waals surface area contributed by atoms with Gasteiger partial charge in [0.05, 0.1) is 6.54 Å². The van der Waals surface area contributed by atoms with Crippen LogP contribution in [0, 0.1) is 0 Å². The Morgan fingerprint density at radius 3 is 2.52 bits per heavy atom. The predicted molar refractivity (Wildman–Crippen MR) is 105 cm³/mol. The molecule has 2 aromatic rings. The van der Waals surface area contributed by atoms with Gasteiger partial charge in [0, 0.05) is 49.9 Å². The second-order valence-corrected chi connectivity index (χ2v) is 8.22. The second kappa shape index (κ2) is 7.12. The summed E-state index contributed by atoms with van der Waals surface area (Å²) in [5, 5.41) is 4.87. The van der Waals surface area contributed by atoms with Crippen molar-refractivity contribution in [2.24, 2.45) is 0 Å². The van der Waals surface area contributed by atoms with Gasteiger partial charge in [0.2, 0.25) is 0 Å². The van der Waals surface area contributed by atoms with Crippen molar-refractivity contribution in [2.45, 2.75) is 57.7 Å². The van der Waals surface area contributed by atoms with E-state index in [1.165, 1.54) is 36.1 Å². The van der Waals surface area contributed by atoms with Gasteiger partial charge >= 0.3 is 0 Å². The molecule has 27 heavy (non-hydrogen) atoms. The molecule has 3 aliphatic rings. The number of likely N-dealkylation sites (tertiary alicyclic amines) is 1. The number of aromatic nitrogens is 2. The number of amides is 1. The van der Waals surface area contributed by atoms with Crippen LogP contribution in [0.3, 0.4) is 0 Å². The van der Waals surface area contributed by atoms with E-state index in [1.807, 2.05) is 11.0 Å². The van der Waals surface area contributed by atoms with Crippen molar-refractivity contribution in [1.82, 2.24) is 19.6 Å². The molecule has 1 saturated carbocycles. The maximum absolute atomic E-state index is 13.2. The predicted octanol–water partition coefficient (Wildman–Crippen LogP) is 3.08. The Kier molecular flexibility index (Phi) is 4.48. The molecule has 0 spiro atoms. The monoisotopic (exact) mass is 364 g/mol. The third-order valence-electron chi connectivity index (χ3n) is 6.53. The molecule has 2 aliphatic heterocycles. The van der Waals surface area contributed by atoms with Crippen LogP contribution in [0.25, 0.3) is 0 Å². The maximum atomic E-state index is 13.2. The largest absolute Gasteiger partial charge is 0.337 e. The van der Waals surface area contributed by atoms with Gasteiger partial charge in [-0.2, -0.15) is 5.10 Å². The zero-order chi connectivity index (χ0) is 18.2. The molecule has 3 heterocycles. The lowest BCUT2D eigenvalue weighted by Gasteiger charge is -2.39. The van der Waals surface area contributed by atoms with Crippen LogP contribution in [0.2, 0.25) is 0 Å². The van der Waals surface area contributed by atoms with Gasteiger partial charge in [-0.25, -0.2) is 0 Å². The minimum Gasteiger partial charge on any atom is -0.337 e. The minimum atomic E-state index is 0.144. The standard InChI is InChI=1S/C22H28N4O/c27-22(24-12-4-5-13-24)21-19-16-25(18-9-6-10-18)14-11-20(19)26(23-21)15-17-7-2-1-3-8-17/h1-3,7-8,18H,4-6,9-16H2. The summed E-state index contributed by atoms with van der Waals surface area (Å²) in [5.74, 6) is 0.144. The highest BCUT2D eigenvalue weighted by Crippen LogP contribution is 2.32. The number of carbonyl (C=O) groups is 1. The highest BCUT2D eigenvalue weighted by Gasteiger charge is 2.34. The average Bonchev–Trinajstić information content (AvgIpc) is 3.29. The molecule has 0 N–H and O–H groups in total. The average molecular weight is 364 g/mol. The summed E-state index contributed by atoms with van der Waals surface area (Å²) in [5.41, 5.74) is 4.43. The minimum absolute atomic E-state index is 0.144. The summed E-state index contributed by atoms with van der Waals surface area (Å²) >= 11 is 0. The molecule has 0 unspecified atom stereocenters. The third-order valence-corrected chi connectivity index (χ3v) is 6.53. The molecule has 5 heteroatoms. The molecule has 2 fully saturated rings. The van der Waals surface area contributed by atoms with E-state index in [0.29, 0.717) is 11.7 Å². The number of fused-ring (bicyclic) bond motifs is 1. The Labute approximate surface area is 161 Å². The molecule has 1 aliphatic carbocycles. The van der Waals surface area contributed by atoms with Crippen molar-refractivity contribution in [3.63, 3.8) is 0 Å². The molecular weight excluding hydrogens is 336 g/mol. The molecule has 0 bridgehead atoms. The van der Waals surface area contributed by atoms with Crippen molar-refractivity contribution in [3.05, 3.63) is 52.8 Å². The molecule has 1 amide bonds. The zero-order valence-electron chi connectivity index (χ0n) is 15.9. The van der Waals surface area contributed by atoms with Crippen molar-refractivity contribution < 1.29 is 4.79 Å². The lowest BCUT2D eigenvalue weighted by molar-refractivity contribution is 0.0778. The van der Waals surface area contributed by atoms with E-state index in [9.17, 15) is 4.79 Å². The number of benzene rings is 1. The van der Waals surface area contributed by atoms with Crippen LogP contribution in [0.1, 0.15) is 59.4 Å². The van der Waals surface area contributed by atoms with E-state index >= 15 is 0 Å². The van der Waals surface area contributed by atoms with E-state index < -0.39 is 0 Å². The molecule has 1 saturated heterocycles. The van der Waals surface area contributed by atoms with Gasteiger partial charge in [0.1, 0.15) is 0 Å². The van der Waals surface area contributed by atoms with Gasteiger partial charge in [-0.1, -0.05) is 36.8 Å². The SMILES string of the molecule is O=C(c1nn(Cc2ccccc2)c2c1CN(C1CCC1)CC2)N1CCCC1. The fraction of sp³-hybridized carbons (Fsp3) is 0.545. The number of rotatable bonds is 4. The summed E-state index contributed by atoms with van der Waals surface area (Å²) < 4.78 is 2.10. The Balaban J connectivity index is 1.48. The van der Waals surface area contributed by atoms with E-state index in [1.54, 1.807) is 0 Å². The van der Waals surface area contributed by atoms with Gasteiger partial charge in [-0.15, -0.1) is 0 Å². The quantitative estimate of drug-likeness (QED) is 0.837. The Morgan fingerprint density at radius 2 is 1.81 bits per heavy atom. The highest BCUT2D eigenvalue weighted by atomic mass is 16.2. The lowest BCUT2D eigenvalue weighted by Crippen LogP contribution is -2.43. The Hall–Kier alpha value is -2.14.